The number of rotatable bonds is 5. The predicted molar refractivity (Wildman–Crippen MR) is 66.6 cm³/mol. The highest BCUT2D eigenvalue weighted by Gasteiger charge is 2.11. The Morgan fingerprint density at radius 2 is 2.06 bits per heavy atom. The van der Waals surface area contributed by atoms with Gasteiger partial charge in [0.15, 0.2) is 0 Å². The van der Waals surface area contributed by atoms with Crippen molar-refractivity contribution in [2.45, 2.75) is 31.7 Å². The number of nitrogens with one attached hydrogen (secondary N) is 1. The largest absolute Gasteiger partial charge is 0.379 e. The molecule has 0 aromatic heterocycles. The molecular formula is C14H21NO. The van der Waals surface area contributed by atoms with E-state index in [9.17, 15) is 0 Å². The Balaban J connectivity index is 1.58. The van der Waals surface area contributed by atoms with E-state index >= 15 is 0 Å². The summed E-state index contributed by atoms with van der Waals surface area (Å²) in [7, 11) is 0. The summed E-state index contributed by atoms with van der Waals surface area (Å²) in [5.41, 5.74) is 1.36. The third-order valence-electron chi connectivity index (χ3n) is 3.11. The summed E-state index contributed by atoms with van der Waals surface area (Å²) < 4.78 is 5.71. The van der Waals surface area contributed by atoms with E-state index in [-0.39, 0.29) is 0 Å². The molecule has 1 atom stereocenters. The van der Waals surface area contributed by atoms with Gasteiger partial charge in [-0.3, -0.25) is 0 Å². The lowest BCUT2D eigenvalue weighted by molar-refractivity contribution is 0.105. The predicted octanol–water partition coefficient (Wildman–Crippen LogP) is 2.39. The van der Waals surface area contributed by atoms with E-state index in [1.807, 2.05) is 0 Å². The fraction of sp³-hybridized carbons (Fsp3) is 0.571. The molecule has 0 bridgehead atoms. The molecule has 1 N–H and O–H groups in total. The second-order valence-electron chi connectivity index (χ2n) is 4.46. The van der Waals surface area contributed by atoms with Gasteiger partial charge in [0.2, 0.25) is 0 Å². The quantitative estimate of drug-likeness (QED) is 0.768. The van der Waals surface area contributed by atoms with Gasteiger partial charge in [-0.05, 0) is 31.4 Å². The van der Waals surface area contributed by atoms with Crippen molar-refractivity contribution in [3.8, 4) is 0 Å². The SMILES string of the molecule is c1ccc(CCOCC2CCCCN2)cc1. The van der Waals surface area contributed by atoms with Gasteiger partial charge >= 0.3 is 0 Å². The highest BCUT2D eigenvalue weighted by molar-refractivity contribution is 5.14. The van der Waals surface area contributed by atoms with Gasteiger partial charge in [-0.25, -0.2) is 0 Å². The van der Waals surface area contributed by atoms with Gasteiger partial charge in [-0.1, -0.05) is 36.8 Å². The second-order valence-corrected chi connectivity index (χ2v) is 4.46. The van der Waals surface area contributed by atoms with Crippen LogP contribution in [0.15, 0.2) is 30.3 Å². The van der Waals surface area contributed by atoms with Crippen molar-refractivity contribution >= 4 is 0 Å². The van der Waals surface area contributed by atoms with Gasteiger partial charge in [-0.2, -0.15) is 0 Å². The van der Waals surface area contributed by atoms with Crippen LogP contribution in [-0.2, 0) is 11.2 Å². The Kier molecular flexibility index (Phi) is 4.84. The highest BCUT2D eigenvalue weighted by atomic mass is 16.5. The molecule has 2 heteroatoms. The zero-order valence-electron chi connectivity index (χ0n) is 9.82. The third-order valence-corrected chi connectivity index (χ3v) is 3.11. The van der Waals surface area contributed by atoms with Crippen LogP contribution in [0.1, 0.15) is 24.8 Å². The van der Waals surface area contributed by atoms with Gasteiger partial charge in [0.1, 0.15) is 0 Å². The van der Waals surface area contributed by atoms with E-state index in [4.69, 9.17) is 4.74 Å². The number of hydrogen-bond acceptors (Lipinski definition) is 2. The summed E-state index contributed by atoms with van der Waals surface area (Å²) in [4.78, 5) is 0. The summed E-state index contributed by atoms with van der Waals surface area (Å²) in [6.07, 6.45) is 4.96. The first-order chi connectivity index (χ1) is 7.95. The van der Waals surface area contributed by atoms with E-state index in [1.54, 1.807) is 0 Å². The summed E-state index contributed by atoms with van der Waals surface area (Å²) in [6.45, 7) is 2.86. The fourth-order valence-electron chi connectivity index (χ4n) is 2.13. The van der Waals surface area contributed by atoms with E-state index in [0.29, 0.717) is 6.04 Å². The smallest absolute Gasteiger partial charge is 0.0619 e. The van der Waals surface area contributed by atoms with Gasteiger partial charge in [-0.15, -0.1) is 0 Å². The molecule has 0 amide bonds. The zero-order valence-corrected chi connectivity index (χ0v) is 9.82. The van der Waals surface area contributed by atoms with Gasteiger partial charge in [0.05, 0.1) is 13.2 Å². The van der Waals surface area contributed by atoms with Crippen molar-refractivity contribution < 1.29 is 4.74 Å². The minimum Gasteiger partial charge on any atom is -0.379 e. The second kappa shape index (κ2) is 6.66. The molecule has 1 saturated heterocycles. The molecule has 0 radical (unpaired) electrons. The Bertz CT molecular complexity index is 280. The van der Waals surface area contributed by atoms with Crippen LogP contribution in [0, 0.1) is 0 Å². The molecular weight excluding hydrogens is 198 g/mol. The Morgan fingerprint density at radius 1 is 1.19 bits per heavy atom. The van der Waals surface area contributed by atoms with Gasteiger partial charge < -0.3 is 10.1 Å². The number of piperidine rings is 1. The lowest BCUT2D eigenvalue weighted by Gasteiger charge is -2.23. The van der Waals surface area contributed by atoms with E-state index < -0.39 is 0 Å². The maximum absolute atomic E-state index is 5.71. The van der Waals surface area contributed by atoms with Crippen LogP contribution in [-0.4, -0.2) is 25.8 Å². The fourth-order valence-corrected chi connectivity index (χ4v) is 2.13. The summed E-state index contributed by atoms with van der Waals surface area (Å²) in [6, 6.07) is 11.1. The lowest BCUT2D eigenvalue weighted by Crippen LogP contribution is -2.37. The van der Waals surface area contributed by atoms with Crippen LogP contribution >= 0.6 is 0 Å². The standard InChI is InChI=1S/C14H21NO/c1-2-6-13(7-3-1)9-11-16-12-14-8-4-5-10-15-14/h1-3,6-7,14-15H,4-5,8-12H2. The molecule has 16 heavy (non-hydrogen) atoms. The van der Waals surface area contributed by atoms with Crippen molar-refractivity contribution in [3.05, 3.63) is 35.9 Å². The lowest BCUT2D eigenvalue weighted by atomic mass is 10.1. The maximum atomic E-state index is 5.71. The maximum Gasteiger partial charge on any atom is 0.0619 e. The van der Waals surface area contributed by atoms with E-state index in [1.165, 1.54) is 24.8 Å². The first-order valence-electron chi connectivity index (χ1n) is 6.30. The highest BCUT2D eigenvalue weighted by Crippen LogP contribution is 2.07. The number of hydrogen-bond donors (Lipinski definition) is 1. The molecule has 0 spiro atoms. The molecule has 0 aliphatic carbocycles. The Hall–Kier alpha value is -0.860. The molecule has 1 unspecified atom stereocenters. The average Bonchev–Trinajstić information content (AvgIpc) is 2.37. The third kappa shape index (κ3) is 3.95. The molecule has 2 rings (SSSR count). The molecule has 1 aliphatic heterocycles. The first-order valence-corrected chi connectivity index (χ1v) is 6.30. The molecule has 2 nitrogen and oxygen atoms in total. The minimum absolute atomic E-state index is 0.588. The molecule has 1 heterocycles. The first kappa shape index (κ1) is 11.6. The van der Waals surface area contributed by atoms with Crippen molar-refractivity contribution in [1.29, 1.82) is 0 Å². The van der Waals surface area contributed by atoms with Crippen LogP contribution in [0.5, 0.6) is 0 Å². The van der Waals surface area contributed by atoms with Crippen molar-refractivity contribution in [2.24, 2.45) is 0 Å². The van der Waals surface area contributed by atoms with E-state index in [0.717, 1.165) is 26.2 Å². The van der Waals surface area contributed by atoms with E-state index in [2.05, 4.69) is 35.6 Å². The van der Waals surface area contributed by atoms with Crippen LogP contribution in [0.3, 0.4) is 0 Å². The monoisotopic (exact) mass is 219 g/mol. The van der Waals surface area contributed by atoms with Crippen LogP contribution in [0.2, 0.25) is 0 Å². The molecule has 1 aromatic carbocycles. The Labute approximate surface area is 98.0 Å². The van der Waals surface area contributed by atoms with Crippen molar-refractivity contribution in [3.63, 3.8) is 0 Å². The normalized spacial score (nSPS) is 20.9. The summed E-state index contributed by atoms with van der Waals surface area (Å²) in [5.74, 6) is 0. The van der Waals surface area contributed by atoms with Crippen LogP contribution < -0.4 is 5.32 Å². The van der Waals surface area contributed by atoms with Crippen LogP contribution in [0.4, 0.5) is 0 Å². The number of benzene rings is 1. The van der Waals surface area contributed by atoms with Gasteiger partial charge in [0.25, 0.3) is 0 Å². The zero-order chi connectivity index (χ0) is 11.1. The molecule has 1 fully saturated rings. The summed E-state index contributed by atoms with van der Waals surface area (Å²) in [5, 5.41) is 3.49. The number of ether oxygens (including phenoxy) is 1. The molecule has 88 valence electrons. The van der Waals surface area contributed by atoms with Crippen LogP contribution in [0.25, 0.3) is 0 Å². The van der Waals surface area contributed by atoms with Crippen molar-refractivity contribution in [2.75, 3.05) is 19.8 Å². The molecule has 1 aliphatic rings. The summed E-state index contributed by atoms with van der Waals surface area (Å²) >= 11 is 0. The Morgan fingerprint density at radius 3 is 2.81 bits per heavy atom. The topological polar surface area (TPSA) is 21.3 Å². The average molecular weight is 219 g/mol. The molecule has 1 aromatic rings. The molecule has 0 saturated carbocycles. The van der Waals surface area contributed by atoms with Gasteiger partial charge in [0, 0.05) is 6.04 Å². The van der Waals surface area contributed by atoms with Crippen molar-refractivity contribution in [1.82, 2.24) is 5.32 Å². The minimum atomic E-state index is 0.588.